The molecule has 3 heterocycles. The Kier molecular flexibility index (Phi) is 8.19. The first-order valence-corrected chi connectivity index (χ1v) is 14.9. The van der Waals surface area contributed by atoms with Crippen molar-refractivity contribution >= 4 is 5.97 Å². The number of hydrogen-bond donors (Lipinski definition) is 1. The molecule has 42 heavy (non-hydrogen) atoms. The van der Waals surface area contributed by atoms with E-state index in [9.17, 15) is 9.90 Å². The van der Waals surface area contributed by atoms with E-state index in [0.29, 0.717) is 23.9 Å². The molecule has 1 saturated carbocycles. The van der Waals surface area contributed by atoms with Gasteiger partial charge in [-0.05, 0) is 77.8 Å². The Morgan fingerprint density at radius 1 is 1.12 bits per heavy atom. The third kappa shape index (κ3) is 5.88. The van der Waals surface area contributed by atoms with Crippen molar-refractivity contribution < 1.29 is 28.5 Å². The first-order valence-electron chi connectivity index (χ1n) is 14.9. The maximum Gasteiger partial charge on any atom is 0.306 e. The maximum absolute atomic E-state index is 15.1. The lowest BCUT2D eigenvalue weighted by atomic mass is 9.82. The fourth-order valence-electron chi connectivity index (χ4n) is 6.73. The van der Waals surface area contributed by atoms with Crippen molar-refractivity contribution in [3.8, 4) is 22.8 Å². The van der Waals surface area contributed by atoms with Gasteiger partial charge in [0.25, 0.3) is 0 Å². The van der Waals surface area contributed by atoms with Crippen LogP contribution in [0.5, 0.6) is 11.6 Å². The molecule has 1 aromatic heterocycles. The van der Waals surface area contributed by atoms with E-state index in [4.69, 9.17) is 14.2 Å². The van der Waals surface area contributed by atoms with Gasteiger partial charge in [-0.3, -0.25) is 9.69 Å². The summed E-state index contributed by atoms with van der Waals surface area (Å²) in [5, 5.41) is 9.75. The molecule has 1 aliphatic carbocycles. The van der Waals surface area contributed by atoms with Crippen LogP contribution < -0.4 is 9.47 Å². The second-order valence-corrected chi connectivity index (χ2v) is 12.0. The summed E-state index contributed by atoms with van der Waals surface area (Å²) in [5.41, 5.74) is 5.54. The van der Waals surface area contributed by atoms with Gasteiger partial charge in [0.1, 0.15) is 17.7 Å². The minimum atomic E-state index is -0.755. The minimum absolute atomic E-state index is 0.00806. The zero-order chi connectivity index (χ0) is 29.4. The fourth-order valence-corrected chi connectivity index (χ4v) is 6.73. The molecule has 7 nitrogen and oxygen atoms in total. The molecule has 8 heteroatoms. The van der Waals surface area contributed by atoms with Crippen molar-refractivity contribution in [3.63, 3.8) is 0 Å². The van der Waals surface area contributed by atoms with Crippen LogP contribution in [0.3, 0.4) is 0 Å². The molecule has 2 aliphatic heterocycles. The van der Waals surface area contributed by atoms with E-state index in [1.165, 1.54) is 13.3 Å². The number of methoxy groups -OCH3 is 2. The van der Waals surface area contributed by atoms with Gasteiger partial charge in [0.05, 0.1) is 25.3 Å². The number of likely N-dealkylation sites (tertiary alicyclic amines) is 1. The number of pyridine rings is 1. The van der Waals surface area contributed by atoms with Crippen molar-refractivity contribution in [1.29, 1.82) is 0 Å². The molecule has 1 N–H and O–H groups in total. The van der Waals surface area contributed by atoms with Gasteiger partial charge < -0.3 is 19.3 Å². The van der Waals surface area contributed by atoms with Crippen LogP contribution in [0.25, 0.3) is 11.1 Å². The number of carbonyl (C=O) groups is 1. The zero-order valence-electron chi connectivity index (χ0n) is 24.5. The van der Waals surface area contributed by atoms with Gasteiger partial charge >= 0.3 is 5.97 Å². The van der Waals surface area contributed by atoms with E-state index >= 15 is 4.39 Å². The van der Waals surface area contributed by atoms with E-state index < -0.39 is 17.7 Å². The number of hydrogen-bond acceptors (Lipinski definition) is 6. The number of carboxylic acids is 1. The average Bonchev–Trinajstić information content (AvgIpc) is 3.73. The zero-order valence-corrected chi connectivity index (χ0v) is 24.5. The number of halogens is 1. The van der Waals surface area contributed by atoms with Crippen LogP contribution in [0.15, 0.2) is 48.7 Å². The van der Waals surface area contributed by atoms with Gasteiger partial charge in [0.2, 0.25) is 5.88 Å². The first-order chi connectivity index (χ1) is 20.3. The fraction of sp³-hybridized carbons (Fsp3) is 0.471. The summed E-state index contributed by atoms with van der Waals surface area (Å²) in [4.78, 5) is 18.2. The highest BCUT2D eigenvalue weighted by Gasteiger charge is 2.39. The lowest BCUT2D eigenvalue weighted by molar-refractivity contribution is -0.142. The normalized spacial score (nSPS) is 21.8. The highest BCUT2D eigenvalue weighted by molar-refractivity contribution is 5.71. The van der Waals surface area contributed by atoms with Gasteiger partial charge in [-0.25, -0.2) is 9.37 Å². The number of benzene rings is 2. The highest BCUT2D eigenvalue weighted by Crippen LogP contribution is 2.48. The lowest BCUT2D eigenvalue weighted by Crippen LogP contribution is -2.23. The average molecular weight is 575 g/mol. The molecule has 3 aromatic rings. The molecular weight excluding hydrogens is 535 g/mol. The molecule has 0 radical (unpaired) electrons. The van der Waals surface area contributed by atoms with Crippen LogP contribution >= 0.6 is 0 Å². The predicted octanol–water partition coefficient (Wildman–Crippen LogP) is 6.40. The van der Waals surface area contributed by atoms with Crippen LogP contribution in [-0.4, -0.2) is 54.4 Å². The SMILES string of the molecule is COc1cc(-c2ccc(C3CCc4ccc(C(C5CC5)[C@H](C)C(=O)O)cc4O3)cc2CN2CC[C@H](OC)C2)c(F)cn1. The third-order valence-corrected chi connectivity index (χ3v) is 9.27. The minimum Gasteiger partial charge on any atom is -0.485 e. The molecule has 2 aromatic carbocycles. The molecule has 6 rings (SSSR count). The Morgan fingerprint density at radius 2 is 1.95 bits per heavy atom. The number of aryl methyl sites for hydroxylation is 1. The molecule has 1 saturated heterocycles. The van der Waals surface area contributed by atoms with E-state index in [1.54, 1.807) is 13.2 Å². The van der Waals surface area contributed by atoms with Crippen molar-refractivity contribution in [1.82, 2.24) is 9.88 Å². The quantitative estimate of drug-likeness (QED) is 0.300. The van der Waals surface area contributed by atoms with E-state index in [-0.39, 0.29) is 18.1 Å². The van der Waals surface area contributed by atoms with Crippen LogP contribution in [0.2, 0.25) is 0 Å². The number of aliphatic carboxylic acids is 1. The second kappa shape index (κ2) is 12.0. The standard InChI is InChI=1S/C34H39FN2O5/c1-20(34(38)39)33(22-5-6-22)24-7-4-21-9-11-30(42-31(21)15-24)23-8-10-27(28-16-32(41-3)36-17-29(28)35)25(14-23)18-37-13-12-26(19-37)40-2/h4,7-8,10,14-17,20,22,26,30,33H,5-6,9,11-13,18-19H2,1-3H3,(H,38,39)/t20-,26-,30?,33?/m0/s1. The van der Waals surface area contributed by atoms with Gasteiger partial charge in [0, 0.05) is 38.4 Å². The Bertz CT molecular complexity index is 1460. The molecule has 2 fully saturated rings. The number of carboxylic acid groups (broad SMARTS) is 1. The van der Waals surface area contributed by atoms with Crippen molar-refractivity contribution in [2.24, 2.45) is 11.8 Å². The monoisotopic (exact) mass is 574 g/mol. The summed E-state index contributed by atoms with van der Waals surface area (Å²) in [6.45, 7) is 4.22. The Hall–Kier alpha value is -3.49. The Morgan fingerprint density at radius 3 is 2.67 bits per heavy atom. The maximum atomic E-state index is 15.1. The van der Waals surface area contributed by atoms with Crippen LogP contribution in [-0.2, 0) is 22.5 Å². The summed E-state index contributed by atoms with van der Waals surface area (Å²) >= 11 is 0. The van der Waals surface area contributed by atoms with Crippen LogP contribution in [0.4, 0.5) is 4.39 Å². The van der Waals surface area contributed by atoms with Gasteiger partial charge in [0.15, 0.2) is 0 Å². The smallest absolute Gasteiger partial charge is 0.306 e. The Balaban J connectivity index is 1.31. The van der Waals surface area contributed by atoms with Crippen LogP contribution in [0, 0.1) is 17.7 Å². The predicted molar refractivity (Wildman–Crippen MR) is 157 cm³/mol. The number of ether oxygens (including phenoxy) is 3. The van der Waals surface area contributed by atoms with Crippen molar-refractivity contribution in [2.45, 2.75) is 63.7 Å². The van der Waals surface area contributed by atoms with Crippen molar-refractivity contribution in [3.05, 3.63) is 76.7 Å². The summed E-state index contributed by atoms with van der Waals surface area (Å²) in [5.74, 6) is 0.0223. The topological polar surface area (TPSA) is 81.1 Å². The summed E-state index contributed by atoms with van der Waals surface area (Å²) < 4.78 is 32.6. The molecular formula is C34H39FN2O5. The second-order valence-electron chi connectivity index (χ2n) is 12.0. The Labute approximate surface area is 246 Å². The molecule has 2 unspecified atom stereocenters. The van der Waals surface area contributed by atoms with E-state index in [0.717, 1.165) is 78.8 Å². The molecule has 0 amide bonds. The molecule has 4 atom stereocenters. The summed E-state index contributed by atoms with van der Waals surface area (Å²) in [7, 11) is 3.28. The number of aromatic nitrogens is 1. The van der Waals surface area contributed by atoms with Gasteiger partial charge in [-0.2, -0.15) is 0 Å². The molecule has 0 spiro atoms. The molecule has 3 aliphatic rings. The van der Waals surface area contributed by atoms with Gasteiger partial charge in [-0.1, -0.05) is 37.3 Å². The molecule has 0 bridgehead atoms. The number of nitrogens with zero attached hydrogens (tertiary/aromatic N) is 2. The first kappa shape index (κ1) is 28.6. The summed E-state index contributed by atoms with van der Waals surface area (Å²) in [6, 6.07) is 14.1. The highest BCUT2D eigenvalue weighted by atomic mass is 19.1. The number of fused-ring (bicyclic) bond motifs is 1. The third-order valence-electron chi connectivity index (χ3n) is 9.27. The van der Waals surface area contributed by atoms with Gasteiger partial charge in [-0.15, -0.1) is 0 Å². The van der Waals surface area contributed by atoms with E-state index in [1.807, 2.05) is 19.1 Å². The largest absolute Gasteiger partial charge is 0.485 e. The molecule has 222 valence electrons. The number of rotatable bonds is 10. The van der Waals surface area contributed by atoms with E-state index in [2.05, 4.69) is 34.1 Å². The van der Waals surface area contributed by atoms with Crippen molar-refractivity contribution in [2.75, 3.05) is 27.3 Å². The van der Waals surface area contributed by atoms with Crippen LogP contribution in [0.1, 0.15) is 66.9 Å². The summed E-state index contributed by atoms with van der Waals surface area (Å²) in [6.07, 6.45) is 6.07. The lowest BCUT2D eigenvalue weighted by Gasteiger charge is -2.29.